The second kappa shape index (κ2) is 4.63. The van der Waals surface area contributed by atoms with Gasteiger partial charge in [-0.05, 0) is 36.4 Å². The summed E-state index contributed by atoms with van der Waals surface area (Å²) in [6.45, 7) is 0. The van der Waals surface area contributed by atoms with Crippen LogP contribution in [0.2, 0.25) is 0 Å². The summed E-state index contributed by atoms with van der Waals surface area (Å²) in [4.78, 5) is 16.6. The molecule has 1 aromatic heterocycles. The van der Waals surface area contributed by atoms with E-state index < -0.39 is 0 Å². The van der Waals surface area contributed by atoms with Crippen molar-refractivity contribution in [3.63, 3.8) is 0 Å². The number of hydrogen-bond donors (Lipinski definition) is 0. The maximum atomic E-state index is 12.3. The summed E-state index contributed by atoms with van der Waals surface area (Å²) in [5.41, 5.74) is 1.54. The van der Waals surface area contributed by atoms with E-state index in [1.54, 1.807) is 12.1 Å². The predicted octanol–water partition coefficient (Wildman–Crippen LogP) is 4.29. The minimum atomic E-state index is -0.0244. The first-order valence-corrected chi connectivity index (χ1v) is 7.01. The number of benzene rings is 2. The van der Waals surface area contributed by atoms with Crippen molar-refractivity contribution in [3.8, 4) is 0 Å². The van der Waals surface area contributed by atoms with E-state index in [2.05, 4.69) is 20.9 Å². The Morgan fingerprint density at radius 3 is 2.50 bits per heavy atom. The van der Waals surface area contributed by atoms with Crippen LogP contribution in [0.3, 0.4) is 0 Å². The first-order chi connectivity index (χ1) is 8.74. The van der Waals surface area contributed by atoms with Crippen molar-refractivity contribution in [2.45, 2.75) is 0 Å². The fourth-order valence-corrected chi connectivity index (χ4v) is 2.89. The largest absolute Gasteiger partial charge is 0.286 e. The Bertz CT molecular complexity index is 685. The van der Waals surface area contributed by atoms with Crippen molar-refractivity contribution in [1.82, 2.24) is 4.98 Å². The topological polar surface area (TPSA) is 30.0 Å². The van der Waals surface area contributed by atoms with Gasteiger partial charge in [-0.1, -0.05) is 28.1 Å². The summed E-state index contributed by atoms with van der Waals surface area (Å²) in [6, 6.07) is 15.1. The van der Waals surface area contributed by atoms with E-state index in [9.17, 15) is 4.79 Å². The number of para-hydroxylation sites is 1. The zero-order chi connectivity index (χ0) is 12.5. The Hall–Kier alpha value is -1.52. The van der Waals surface area contributed by atoms with Crippen LogP contribution >= 0.6 is 27.3 Å². The van der Waals surface area contributed by atoms with E-state index in [0.29, 0.717) is 10.6 Å². The number of rotatable bonds is 2. The summed E-state index contributed by atoms with van der Waals surface area (Å²) in [5.74, 6) is -0.0244. The third-order valence-electron chi connectivity index (χ3n) is 2.59. The molecule has 0 saturated heterocycles. The normalized spacial score (nSPS) is 10.7. The predicted molar refractivity (Wildman–Crippen MR) is 77.2 cm³/mol. The summed E-state index contributed by atoms with van der Waals surface area (Å²) < 4.78 is 2.00. The van der Waals surface area contributed by atoms with Crippen LogP contribution in [0.15, 0.2) is 53.0 Å². The average Bonchev–Trinajstić information content (AvgIpc) is 2.82. The standard InChI is InChI=1S/C14H8BrNOS/c15-10-7-5-9(6-8-10)13(17)14-16-11-3-1-2-4-12(11)18-14/h1-8H. The Kier molecular flexibility index (Phi) is 2.97. The summed E-state index contributed by atoms with van der Waals surface area (Å²) in [6.07, 6.45) is 0. The highest BCUT2D eigenvalue weighted by molar-refractivity contribution is 9.10. The van der Waals surface area contributed by atoms with Gasteiger partial charge in [0, 0.05) is 10.0 Å². The molecule has 0 aliphatic heterocycles. The van der Waals surface area contributed by atoms with E-state index >= 15 is 0 Å². The highest BCUT2D eigenvalue weighted by atomic mass is 79.9. The van der Waals surface area contributed by atoms with E-state index in [4.69, 9.17) is 0 Å². The van der Waals surface area contributed by atoms with E-state index in [1.807, 2.05) is 36.4 Å². The molecule has 0 N–H and O–H groups in total. The van der Waals surface area contributed by atoms with Crippen molar-refractivity contribution in [2.75, 3.05) is 0 Å². The Morgan fingerprint density at radius 2 is 1.78 bits per heavy atom. The number of aromatic nitrogens is 1. The molecule has 0 atom stereocenters. The molecule has 0 bridgehead atoms. The number of fused-ring (bicyclic) bond motifs is 1. The molecule has 0 aliphatic rings. The van der Waals surface area contributed by atoms with E-state index in [1.165, 1.54) is 11.3 Å². The van der Waals surface area contributed by atoms with Gasteiger partial charge in [0.1, 0.15) is 0 Å². The van der Waals surface area contributed by atoms with Crippen LogP contribution in [0.25, 0.3) is 10.2 Å². The van der Waals surface area contributed by atoms with Crippen molar-refractivity contribution < 1.29 is 4.79 Å². The lowest BCUT2D eigenvalue weighted by atomic mass is 10.1. The molecule has 2 nitrogen and oxygen atoms in total. The second-order valence-electron chi connectivity index (χ2n) is 3.82. The lowest BCUT2D eigenvalue weighted by Gasteiger charge is -1.96. The van der Waals surface area contributed by atoms with Crippen molar-refractivity contribution in [2.24, 2.45) is 0 Å². The van der Waals surface area contributed by atoms with Crippen LogP contribution in [0.1, 0.15) is 15.4 Å². The molecule has 2 aromatic carbocycles. The first-order valence-electron chi connectivity index (χ1n) is 5.40. The number of hydrogen-bond acceptors (Lipinski definition) is 3. The van der Waals surface area contributed by atoms with Gasteiger partial charge in [0.25, 0.3) is 0 Å². The molecule has 1 heterocycles. The first kappa shape index (κ1) is 11.6. The van der Waals surface area contributed by atoms with Gasteiger partial charge in [-0.15, -0.1) is 11.3 Å². The molecule has 3 rings (SSSR count). The minimum Gasteiger partial charge on any atom is -0.286 e. The van der Waals surface area contributed by atoms with Crippen molar-refractivity contribution >= 4 is 43.3 Å². The van der Waals surface area contributed by atoms with Crippen LogP contribution < -0.4 is 0 Å². The van der Waals surface area contributed by atoms with E-state index in [-0.39, 0.29) is 5.78 Å². The van der Waals surface area contributed by atoms with Crippen LogP contribution in [0.4, 0.5) is 0 Å². The lowest BCUT2D eigenvalue weighted by molar-refractivity contribution is 0.103. The highest BCUT2D eigenvalue weighted by Crippen LogP contribution is 2.24. The Morgan fingerprint density at radius 1 is 1.06 bits per heavy atom. The molecule has 0 fully saturated rings. The molecule has 18 heavy (non-hydrogen) atoms. The minimum absolute atomic E-state index is 0.0244. The van der Waals surface area contributed by atoms with Crippen LogP contribution in [-0.4, -0.2) is 10.8 Å². The zero-order valence-corrected chi connectivity index (χ0v) is 11.7. The molecule has 88 valence electrons. The van der Waals surface area contributed by atoms with Crippen LogP contribution in [0, 0.1) is 0 Å². The smallest absolute Gasteiger partial charge is 0.221 e. The third-order valence-corrected chi connectivity index (χ3v) is 4.16. The number of carbonyl (C=O) groups excluding carboxylic acids is 1. The molecule has 0 radical (unpaired) electrons. The number of thiazole rings is 1. The second-order valence-corrected chi connectivity index (χ2v) is 5.77. The number of ketones is 1. The number of nitrogens with zero attached hydrogens (tertiary/aromatic N) is 1. The fourth-order valence-electron chi connectivity index (χ4n) is 1.69. The van der Waals surface area contributed by atoms with Gasteiger partial charge in [0.05, 0.1) is 10.2 Å². The van der Waals surface area contributed by atoms with Gasteiger partial charge in [0.15, 0.2) is 5.01 Å². The number of carbonyl (C=O) groups is 1. The molecular formula is C14H8BrNOS. The molecule has 0 spiro atoms. The highest BCUT2D eigenvalue weighted by Gasteiger charge is 2.13. The van der Waals surface area contributed by atoms with Gasteiger partial charge in [0.2, 0.25) is 5.78 Å². The van der Waals surface area contributed by atoms with Gasteiger partial charge in [-0.2, -0.15) is 0 Å². The molecule has 0 aliphatic carbocycles. The molecule has 0 saturated carbocycles. The zero-order valence-electron chi connectivity index (χ0n) is 9.26. The van der Waals surface area contributed by atoms with Gasteiger partial charge in [-0.25, -0.2) is 4.98 Å². The molecular weight excluding hydrogens is 310 g/mol. The molecule has 0 unspecified atom stereocenters. The Balaban J connectivity index is 2.03. The Labute approximate surface area is 116 Å². The van der Waals surface area contributed by atoms with E-state index in [0.717, 1.165) is 14.7 Å². The van der Waals surface area contributed by atoms with Crippen LogP contribution in [-0.2, 0) is 0 Å². The third kappa shape index (κ3) is 2.09. The quantitative estimate of drug-likeness (QED) is 0.660. The van der Waals surface area contributed by atoms with Crippen molar-refractivity contribution in [1.29, 1.82) is 0 Å². The summed E-state index contributed by atoms with van der Waals surface area (Å²) in [7, 11) is 0. The lowest BCUT2D eigenvalue weighted by Crippen LogP contribution is -1.99. The van der Waals surface area contributed by atoms with Gasteiger partial charge in [-0.3, -0.25) is 4.79 Å². The molecule has 3 aromatic rings. The van der Waals surface area contributed by atoms with Gasteiger partial charge < -0.3 is 0 Å². The maximum Gasteiger partial charge on any atom is 0.221 e. The monoisotopic (exact) mass is 317 g/mol. The SMILES string of the molecule is O=C(c1ccc(Br)cc1)c1nc2ccccc2s1. The van der Waals surface area contributed by atoms with Gasteiger partial charge >= 0.3 is 0 Å². The van der Waals surface area contributed by atoms with Crippen molar-refractivity contribution in [3.05, 3.63) is 63.6 Å². The van der Waals surface area contributed by atoms with Crippen LogP contribution in [0.5, 0.6) is 0 Å². The molecule has 4 heteroatoms. The number of halogens is 1. The molecule has 0 amide bonds. The maximum absolute atomic E-state index is 12.3. The summed E-state index contributed by atoms with van der Waals surface area (Å²) in [5, 5.41) is 0.540. The fraction of sp³-hybridized carbons (Fsp3) is 0. The average molecular weight is 318 g/mol. The summed E-state index contributed by atoms with van der Waals surface area (Å²) >= 11 is 4.79.